The van der Waals surface area contributed by atoms with Gasteiger partial charge in [0.05, 0.1) is 37.3 Å². The highest BCUT2D eigenvalue weighted by Gasteiger charge is 2.42. The average Bonchev–Trinajstić information content (AvgIpc) is 3.13. The van der Waals surface area contributed by atoms with Crippen LogP contribution in [-0.4, -0.2) is 62.2 Å². The average molecular weight is 463 g/mol. The maximum Gasteiger partial charge on any atom is 0.290 e. The predicted molar refractivity (Wildman–Crippen MR) is 130 cm³/mol. The summed E-state index contributed by atoms with van der Waals surface area (Å²) >= 11 is 0. The Morgan fingerprint density at radius 3 is 2.56 bits per heavy atom. The molecule has 0 radical (unpaired) electrons. The van der Waals surface area contributed by atoms with E-state index >= 15 is 0 Å². The van der Waals surface area contributed by atoms with Gasteiger partial charge >= 0.3 is 0 Å². The number of benzene rings is 2. The number of hydrogen-bond acceptors (Lipinski definition) is 6. The smallest absolute Gasteiger partial charge is 0.290 e. The highest BCUT2D eigenvalue weighted by atomic mass is 16.5. The van der Waals surface area contributed by atoms with Crippen LogP contribution < -0.4 is 10.2 Å². The maximum absolute atomic E-state index is 13.7. The van der Waals surface area contributed by atoms with Crippen LogP contribution in [0.3, 0.4) is 0 Å². The summed E-state index contributed by atoms with van der Waals surface area (Å²) in [6.45, 7) is 8.63. The lowest BCUT2D eigenvalue weighted by atomic mass is 9.97. The quantitative estimate of drug-likeness (QED) is 0.557. The van der Waals surface area contributed by atoms with Crippen molar-refractivity contribution in [2.24, 2.45) is 0 Å². The molecule has 7 heteroatoms. The third-order valence-corrected chi connectivity index (χ3v) is 6.97. The molecule has 2 aromatic carbocycles. The summed E-state index contributed by atoms with van der Waals surface area (Å²) < 4.78 is 17.0. The summed E-state index contributed by atoms with van der Waals surface area (Å²) in [7, 11) is 1.61. The molecule has 0 aliphatic carbocycles. The Hall–Kier alpha value is -3.16. The Bertz CT molecular complexity index is 1290. The molecule has 3 heterocycles. The van der Waals surface area contributed by atoms with Crippen LogP contribution >= 0.6 is 0 Å². The lowest BCUT2D eigenvalue weighted by Crippen LogP contribution is -2.38. The van der Waals surface area contributed by atoms with Crippen molar-refractivity contribution in [1.82, 2.24) is 9.80 Å². The molecule has 1 aromatic heterocycles. The molecule has 1 saturated heterocycles. The van der Waals surface area contributed by atoms with Gasteiger partial charge in [0.15, 0.2) is 5.43 Å². The number of methoxy groups -OCH3 is 1. The highest BCUT2D eigenvalue weighted by Crippen LogP contribution is 2.39. The van der Waals surface area contributed by atoms with Gasteiger partial charge < -0.3 is 18.8 Å². The van der Waals surface area contributed by atoms with Crippen molar-refractivity contribution in [3.05, 3.63) is 74.6 Å². The van der Waals surface area contributed by atoms with E-state index in [0.29, 0.717) is 28.8 Å². The van der Waals surface area contributed by atoms with Crippen molar-refractivity contribution in [2.45, 2.75) is 26.3 Å². The molecule has 7 nitrogen and oxygen atoms in total. The molecule has 2 aliphatic heterocycles. The third-order valence-electron chi connectivity index (χ3n) is 6.97. The molecular weight excluding hydrogens is 432 g/mol. The van der Waals surface area contributed by atoms with E-state index in [1.165, 1.54) is 0 Å². The summed E-state index contributed by atoms with van der Waals surface area (Å²) in [5, 5.41) is 0.512. The number of carbonyl (C=O) groups excluding carboxylic acids is 1. The molecule has 2 aliphatic rings. The van der Waals surface area contributed by atoms with Crippen LogP contribution in [-0.2, 0) is 4.74 Å². The molecule has 34 heavy (non-hydrogen) atoms. The zero-order chi connectivity index (χ0) is 23.8. The highest BCUT2D eigenvalue weighted by molar-refractivity contribution is 5.99. The van der Waals surface area contributed by atoms with Crippen LogP contribution in [0, 0.1) is 13.8 Å². The Labute approximate surface area is 198 Å². The second-order valence-corrected chi connectivity index (χ2v) is 9.09. The number of ether oxygens (including phenoxy) is 2. The number of aryl methyl sites for hydroxylation is 2. The van der Waals surface area contributed by atoms with Crippen molar-refractivity contribution in [2.75, 3.05) is 46.5 Å². The van der Waals surface area contributed by atoms with Crippen molar-refractivity contribution in [3.8, 4) is 5.75 Å². The van der Waals surface area contributed by atoms with E-state index in [9.17, 15) is 9.59 Å². The van der Waals surface area contributed by atoms with Crippen LogP contribution in [0.1, 0.15) is 45.3 Å². The van der Waals surface area contributed by atoms with E-state index < -0.39 is 6.04 Å². The van der Waals surface area contributed by atoms with Crippen LogP contribution in [0.4, 0.5) is 0 Å². The first kappa shape index (κ1) is 22.6. The zero-order valence-electron chi connectivity index (χ0n) is 19.9. The van der Waals surface area contributed by atoms with Crippen LogP contribution in [0.2, 0.25) is 0 Å². The standard InChI is InChI=1S/C27H30N2O5/c1-17-14-21-22(15-18(17)2)34-26-23(25(21)30)24(19-6-4-7-20(16-19)32-3)29(27(26)31)9-5-8-28-10-12-33-13-11-28/h4,6-7,14-16,24H,5,8-13H2,1-3H3. The number of rotatable bonds is 6. The normalized spacial score (nSPS) is 18.5. The lowest BCUT2D eigenvalue weighted by molar-refractivity contribution is 0.0353. The summed E-state index contributed by atoms with van der Waals surface area (Å²) in [6.07, 6.45) is 0.798. The fourth-order valence-electron chi connectivity index (χ4n) is 4.95. The lowest BCUT2D eigenvalue weighted by Gasteiger charge is -2.29. The van der Waals surface area contributed by atoms with E-state index in [-0.39, 0.29) is 17.1 Å². The van der Waals surface area contributed by atoms with Crippen LogP contribution in [0.25, 0.3) is 11.0 Å². The molecule has 3 aromatic rings. The van der Waals surface area contributed by atoms with E-state index in [1.54, 1.807) is 12.0 Å². The van der Waals surface area contributed by atoms with Crippen LogP contribution in [0.15, 0.2) is 45.6 Å². The molecular formula is C27H30N2O5. The number of hydrogen-bond donors (Lipinski definition) is 0. The molecule has 0 saturated carbocycles. The molecule has 0 N–H and O–H groups in total. The molecule has 0 bridgehead atoms. The minimum absolute atomic E-state index is 0.142. The molecule has 0 spiro atoms. The fraction of sp³-hybridized carbons (Fsp3) is 0.407. The van der Waals surface area contributed by atoms with Gasteiger partial charge in [-0.1, -0.05) is 12.1 Å². The summed E-state index contributed by atoms with van der Waals surface area (Å²) in [6, 6.07) is 10.8. The molecule has 1 fully saturated rings. The van der Waals surface area contributed by atoms with Crippen molar-refractivity contribution < 1.29 is 18.7 Å². The number of carbonyl (C=O) groups is 1. The summed E-state index contributed by atoms with van der Waals surface area (Å²) in [4.78, 5) is 31.5. The molecule has 5 rings (SSSR count). The molecule has 1 atom stereocenters. The van der Waals surface area contributed by atoms with Gasteiger partial charge in [-0.15, -0.1) is 0 Å². The molecule has 178 valence electrons. The van der Waals surface area contributed by atoms with Gasteiger partial charge in [-0.2, -0.15) is 0 Å². The Morgan fingerprint density at radius 1 is 1.03 bits per heavy atom. The molecule has 1 amide bonds. The number of morpholine rings is 1. The monoisotopic (exact) mass is 462 g/mol. The number of amides is 1. The first-order valence-corrected chi connectivity index (χ1v) is 11.8. The number of nitrogens with zero attached hydrogens (tertiary/aromatic N) is 2. The Morgan fingerprint density at radius 2 is 1.79 bits per heavy atom. The van der Waals surface area contributed by atoms with E-state index in [4.69, 9.17) is 13.9 Å². The molecule has 1 unspecified atom stereocenters. The second-order valence-electron chi connectivity index (χ2n) is 9.09. The first-order valence-electron chi connectivity index (χ1n) is 11.8. The van der Waals surface area contributed by atoms with E-state index in [2.05, 4.69) is 4.90 Å². The maximum atomic E-state index is 13.7. The fourth-order valence-corrected chi connectivity index (χ4v) is 4.95. The van der Waals surface area contributed by atoms with Gasteiger partial charge in [0.2, 0.25) is 5.76 Å². The summed E-state index contributed by atoms with van der Waals surface area (Å²) in [5.41, 5.74) is 3.61. The summed E-state index contributed by atoms with van der Waals surface area (Å²) in [5.74, 6) is 0.602. The van der Waals surface area contributed by atoms with Gasteiger partial charge in [0, 0.05) is 26.2 Å². The van der Waals surface area contributed by atoms with Gasteiger partial charge in [-0.05, 0) is 61.2 Å². The third kappa shape index (κ3) is 3.99. The zero-order valence-corrected chi connectivity index (χ0v) is 19.9. The predicted octanol–water partition coefficient (Wildman–Crippen LogP) is 3.69. The van der Waals surface area contributed by atoms with Crippen molar-refractivity contribution in [1.29, 1.82) is 0 Å². The van der Waals surface area contributed by atoms with Crippen molar-refractivity contribution in [3.63, 3.8) is 0 Å². The van der Waals surface area contributed by atoms with E-state index in [0.717, 1.165) is 56.0 Å². The van der Waals surface area contributed by atoms with Crippen LogP contribution in [0.5, 0.6) is 5.75 Å². The largest absolute Gasteiger partial charge is 0.497 e. The van der Waals surface area contributed by atoms with Gasteiger partial charge in [0.25, 0.3) is 5.91 Å². The Balaban J connectivity index is 1.57. The Kier molecular flexibility index (Phi) is 6.15. The van der Waals surface area contributed by atoms with E-state index in [1.807, 2.05) is 50.2 Å². The number of fused-ring (bicyclic) bond motifs is 2. The minimum atomic E-state index is -0.510. The van der Waals surface area contributed by atoms with Gasteiger partial charge in [-0.3, -0.25) is 14.5 Å². The van der Waals surface area contributed by atoms with Crippen molar-refractivity contribution >= 4 is 16.9 Å². The topological polar surface area (TPSA) is 72.2 Å². The minimum Gasteiger partial charge on any atom is -0.497 e. The first-order chi connectivity index (χ1) is 16.5. The SMILES string of the molecule is COc1cccc(C2c3c(oc4cc(C)c(C)cc4c3=O)C(=O)N2CCCN2CCOCC2)c1. The second kappa shape index (κ2) is 9.24. The van der Waals surface area contributed by atoms with Gasteiger partial charge in [0.1, 0.15) is 11.3 Å². The van der Waals surface area contributed by atoms with Gasteiger partial charge in [-0.25, -0.2) is 0 Å².